The number of aromatic nitrogens is 6. The number of aliphatic hydroxyl groups excluding tert-OH is 1. The molecule has 0 unspecified atom stereocenters. The molecule has 10 nitrogen and oxygen atoms in total. The van der Waals surface area contributed by atoms with Crippen molar-refractivity contribution in [2.45, 2.75) is 32.4 Å². The molecule has 2 N–H and O–H groups in total. The predicted octanol–water partition coefficient (Wildman–Crippen LogP) is 3.09. The van der Waals surface area contributed by atoms with Crippen molar-refractivity contribution < 1.29 is 9.90 Å². The van der Waals surface area contributed by atoms with Crippen LogP contribution in [-0.2, 0) is 7.05 Å². The lowest BCUT2D eigenvalue weighted by Gasteiger charge is -2.17. The smallest absolute Gasteiger partial charge is 0.284 e. The van der Waals surface area contributed by atoms with Gasteiger partial charge in [-0.15, -0.1) is 10.2 Å². The largest absolute Gasteiger partial charge is 0.391 e. The van der Waals surface area contributed by atoms with E-state index in [2.05, 4.69) is 39.4 Å². The second-order valence-corrected chi connectivity index (χ2v) is 9.78. The van der Waals surface area contributed by atoms with Gasteiger partial charge in [0.2, 0.25) is 5.01 Å². The van der Waals surface area contributed by atoms with Crippen molar-refractivity contribution in [2.24, 2.45) is 7.05 Å². The number of rotatable bonds is 6. The average molecular weight is 491 g/mol. The Bertz CT molecular complexity index is 1350. The second kappa shape index (κ2) is 9.51. The van der Waals surface area contributed by atoms with Crippen LogP contribution in [0.2, 0.25) is 0 Å². The lowest BCUT2D eigenvalue weighted by molar-refractivity contribution is 0.0763. The Morgan fingerprint density at radius 2 is 2.11 bits per heavy atom. The number of nitrogens with zero attached hydrogens (tertiary/aromatic N) is 7. The predicted molar refractivity (Wildman–Crippen MR) is 134 cm³/mol. The molecule has 0 radical (unpaired) electrons. The van der Waals surface area contributed by atoms with Crippen LogP contribution >= 0.6 is 11.3 Å². The monoisotopic (exact) mass is 490 g/mol. The molecule has 0 aromatic carbocycles. The van der Waals surface area contributed by atoms with E-state index in [4.69, 9.17) is 4.98 Å². The fourth-order valence-corrected chi connectivity index (χ4v) is 4.93. The highest BCUT2D eigenvalue weighted by atomic mass is 32.1. The van der Waals surface area contributed by atoms with E-state index in [1.54, 1.807) is 22.0 Å². The minimum Gasteiger partial charge on any atom is -0.391 e. The molecule has 1 fully saturated rings. The second-order valence-electron chi connectivity index (χ2n) is 8.80. The SMILES string of the molecule is CC(C)Nc1cc(-c2ccccn2)nc(-c2cnn(C)c2)c1-c1nnc(C(=O)N2CC[C@@H](O)C2)s1. The number of anilines is 1. The van der Waals surface area contributed by atoms with Crippen molar-refractivity contribution in [3.8, 4) is 33.2 Å². The van der Waals surface area contributed by atoms with Crippen LogP contribution in [0.25, 0.3) is 33.2 Å². The van der Waals surface area contributed by atoms with Gasteiger partial charge in [0.25, 0.3) is 5.91 Å². The molecule has 4 aromatic heterocycles. The number of carbonyl (C=O) groups is 1. The Balaban J connectivity index is 1.65. The Morgan fingerprint density at radius 1 is 1.26 bits per heavy atom. The first-order valence-electron chi connectivity index (χ1n) is 11.4. The number of β-amino-alcohol motifs (C(OH)–C–C–N with tert-alkyl or cyclic N) is 1. The van der Waals surface area contributed by atoms with Crippen molar-refractivity contribution in [1.82, 2.24) is 34.8 Å². The lowest BCUT2D eigenvalue weighted by atomic mass is 10.0. The molecule has 0 aliphatic carbocycles. The minimum absolute atomic E-state index is 0.134. The zero-order chi connectivity index (χ0) is 24.5. The molecule has 1 saturated heterocycles. The molecule has 0 spiro atoms. The van der Waals surface area contributed by atoms with Gasteiger partial charge in [0, 0.05) is 49.8 Å². The van der Waals surface area contributed by atoms with Crippen LogP contribution < -0.4 is 5.32 Å². The summed E-state index contributed by atoms with van der Waals surface area (Å²) in [6.07, 6.45) is 5.47. The summed E-state index contributed by atoms with van der Waals surface area (Å²) in [5.41, 5.74) is 4.53. The van der Waals surface area contributed by atoms with Crippen LogP contribution in [0.15, 0.2) is 42.9 Å². The van der Waals surface area contributed by atoms with E-state index in [9.17, 15) is 9.90 Å². The number of aryl methyl sites for hydroxylation is 1. The van der Waals surface area contributed by atoms with Gasteiger partial charge in [-0.05, 0) is 38.5 Å². The average Bonchev–Trinajstić information content (AvgIpc) is 3.59. The van der Waals surface area contributed by atoms with E-state index in [1.165, 1.54) is 11.3 Å². The maximum atomic E-state index is 13.0. The molecule has 0 saturated carbocycles. The maximum Gasteiger partial charge on any atom is 0.284 e. The minimum atomic E-state index is -0.492. The van der Waals surface area contributed by atoms with E-state index in [1.807, 2.05) is 37.5 Å². The molecule has 4 aromatic rings. The van der Waals surface area contributed by atoms with Gasteiger partial charge < -0.3 is 15.3 Å². The van der Waals surface area contributed by atoms with E-state index in [-0.39, 0.29) is 17.0 Å². The van der Waals surface area contributed by atoms with Crippen molar-refractivity contribution in [3.63, 3.8) is 0 Å². The number of likely N-dealkylation sites (tertiary alicyclic amines) is 1. The standard InChI is InChI=1S/C24H26N8O2S/c1-14(2)27-19-10-18(17-6-4-5-8-25-17)28-21(15-11-26-31(3)12-15)20(19)22-29-30-23(35-22)24(34)32-9-7-16(33)13-32/h4-6,8,10-12,14,16,33H,7,9,13H2,1-3H3,(H,27,28)/t16-/m1/s1. The van der Waals surface area contributed by atoms with Crippen LogP contribution in [0.5, 0.6) is 0 Å². The van der Waals surface area contributed by atoms with Gasteiger partial charge >= 0.3 is 0 Å². The van der Waals surface area contributed by atoms with Crippen molar-refractivity contribution >= 4 is 22.9 Å². The zero-order valence-electron chi connectivity index (χ0n) is 19.7. The van der Waals surface area contributed by atoms with E-state index >= 15 is 0 Å². The van der Waals surface area contributed by atoms with Gasteiger partial charge in [0.1, 0.15) is 0 Å². The van der Waals surface area contributed by atoms with Gasteiger partial charge in [-0.25, -0.2) is 4.98 Å². The highest BCUT2D eigenvalue weighted by molar-refractivity contribution is 7.16. The topological polar surface area (TPSA) is 122 Å². The number of hydrogen-bond acceptors (Lipinski definition) is 9. The van der Waals surface area contributed by atoms with E-state index in [0.29, 0.717) is 35.9 Å². The molecular weight excluding hydrogens is 464 g/mol. The number of nitrogens with one attached hydrogen (secondary N) is 1. The molecule has 11 heteroatoms. The van der Waals surface area contributed by atoms with Gasteiger partial charge in [0.05, 0.1) is 34.9 Å². The summed E-state index contributed by atoms with van der Waals surface area (Å²) >= 11 is 1.22. The number of hydrogen-bond donors (Lipinski definition) is 2. The van der Waals surface area contributed by atoms with Gasteiger partial charge in [0.15, 0.2) is 5.01 Å². The molecule has 1 aliphatic rings. The quantitative estimate of drug-likeness (QED) is 0.423. The first-order valence-corrected chi connectivity index (χ1v) is 12.2. The van der Waals surface area contributed by atoms with Crippen molar-refractivity contribution in [2.75, 3.05) is 18.4 Å². The van der Waals surface area contributed by atoms with E-state index < -0.39 is 6.10 Å². The first-order chi connectivity index (χ1) is 16.9. The van der Waals surface area contributed by atoms with Crippen LogP contribution in [0.1, 0.15) is 30.1 Å². The molecule has 5 rings (SSSR count). The van der Waals surface area contributed by atoms with Crippen LogP contribution in [0.4, 0.5) is 5.69 Å². The third kappa shape index (κ3) is 4.77. The molecule has 35 heavy (non-hydrogen) atoms. The van der Waals surface area contributed by atoms with E-state index in [0.717, 1.165) is 22.5 Å². The highest BCUT2D eigenvalue weighted by Crippen LogP contribution is 2.40. The lowest BCUT2D eigenvalue weighted by Crippen LogP contribution is -2.29. The molecule has 5 heterocycles. The normalized spacial score (nSPS) is 15.7. The fraction of sp³-hybridized carbons (Fsp3) is 0.333. The highest BCUT2D eigenvalue weighted by Gasteiger charge is 2.29. The molecule has 0 bridgehead atoms. The Kier molecular flexibility index (Phi) is 6.27. The summed E-state index contributed by atoms with van der Waals surface area (Å²) in [4.78, 5) is 24.0. The number of aliphatic hydroxyl groups is 1. The Labute approximate surface area is 206 Å². The number of pyridine rings is 2. The summed E-state index contributed by atoms with van der Waals surface area (Å²) in [5, 5.41) is 27.2. The third-order valence-corrected chi connectivity index (χ3v) is 6.57. The van der Waals surface area contributed by atoms with Crippen molar-refractivity contribution in [1.29, 1.82) is 0 Å². The number of amides is 1. The molecular formula is C24H26N8O2S. The van der Waals surface area contributed by atoms with Crippen molar-refractivity contribution in [3.05, 3.63) is 47.9 Å². The molecule has 180 valence electrons. The third-order valence-electron chi connectivity index (χ3n) is 5.64. The number of carbonyl (C=O) groups excluding carboxylic acids is 1. The summed E-state index contributed by atoms with van der Waals surface area (Å²) < 4.78 is 1.72. The molecule has 1 aliphatic heterocycles. The summed E-state index contributed by atoms with van der Waals surface area (Å²) in [7, 11) is 1.85. The summed E-state index contributed by atoms with van der Waals surface area (Å²) in [5.74, 6) is -0.218. The van der Waals surface area contributed by atoms with Crippen LogP contribution in [0, 0.1) is 0 Å². The maximum absolute atomic E-state index is 13.0. The van der Waals surface area contributed by atoms with Gasteiger partial charge in [-0.3, -0.25) is 14.5 Å². The summed E-state index contributed by atoms with van der Waals surface area (Å²) in [6.45, 7) is 4.94. The molecule has 1 atom stereocenters. The Morgan fingerprint density at radius 3 is 2.77 bits per heavy atom. The fourth-order valence-electron chi connectivity index (χ4n) is 4.06. The zero-order valence-corrected chi connectivity index (χ0v) is 20.5. The summed E-state index contributed by atoms with van der Waals surface area (Å²) in [6, 6.07) is 7.80. The molecule has 1 amide bonds. The first kappa shape index (κ1) is 23.1. The van der Waals surface area contributed by atoms with Crippen LogP contribution in [-0.4, -0.2) is 71.1 Å². The Hall–Kier alpha value is -3.70. The van der Waals surface area contributed by atoms with Gasteiger partial charge in [-0.1, -0.05) is 17.4 Å². The van der Waals surface area contributed by atoms with Gasteiger partial charge in [-0.2, -0.15) is 5.10 Å². The van der Waals surface area contributed by atoms with Crippen LogP contribution in [0.3, 0.4) is 0 Å².